The van der Waals surface area contributed by atoms with Crippen LogP contribution in [0.2, 0.25) is 5.02 Å². The molecule has 0 radical (unpaired) electrons. The van der Waals surface area contributed by atoms with Crippen LogP contribution in [-0.2, 0) is 0 Å². The summed E-state index contributed by atoms with van der Waals surface area (Å²) in [5, 5.41) is 4.24. The fraction of sp³-hybridized carbons (Fsp3) is 0.273. The molecule has 2 aliphatic rings. The van der Waals surface area contributed by atoms with Gasteiger partial charge in [0.2, 0.25) is 0 Å². The first-order valence-electron chi connectivity index (χ1n) is 5.12. The molecule has 0 unspecified atom stereocenters. The molecule has 0 fully saturated rings. The minimum atomic E-state index is 0.818. The van der Waals surface area contributed by atoms with Crippen LogP contribution in [0.3, 0.4) is 0 Å². The number of nitrogens with one attached hydrogen (secondary N) is 1. The Balaban J connectivity index is 2.17. The summed E-state index contributed by atoms with van der Waals surface area (Å²) in [5.41, 5.74) is 4.13. The second-order valence-corrected chi connectivity index (χ2v) is 6.87. The predicted octanol–water partition coefficient (Wildman–Crippen LogP) is 3.72. The topological polar surface area (TPSA) is 15.3 Å². The van der Waals surface area contributed by atoms with Crippen molar-refractivity contribution in [1.82, 2.24) is 7.84 Å². The van der Waals surface area contributed by atoms with Gasteiger partial charge in [0.15, 0.2) is 0 Å². The molecule has 2 aliphatic heterocycles. The minimum Gasteiger partial charge on any atom is -0.312 e. The lowest BCUT2D eigenvalue weighted by molar-refractivity contribution is 0.671. The lowest BCUT2D eigenvalue weighted by atomic mass is 9.99. The first-order chi connectivity index (χ1) is 7.75. The van der Waals surface area contributed by atoms with Crippen LogP contribution < -0.4 is 5.32 Å². The number of hydrogen-bond acceptors (Lipinski definition) is 3. The second-order valence-electron chi connectivity index (χ2n) is 3.83. The number of rotatable bonds is 0. The van der Waals surface area contributed by atoms with E-state index >= 15 is 0 Å². The van der Waals surface area contributed by atoms with Gasteiger partial charge in [-0.25, -0.2) is 0 Å². The van der Waals surface area contributed by atoms with Crippen molar-refractivity contribution in [3.63, 3.8) is 0 Å². The Morgan fingerprint density at radius 3 is 3.19 bits per heavy atom. The highest BCUT2D eigenvalue weighted by Gasteiger charge is 2.26. The molecule has 2 nitrogen and oxygen atoms in total. The van der Waals surface area contributed by atoms with E-state index in [1.54, 1.807) is 11.9 Å². The van der Waals surface area contributed by atoms with E-state index in [2.05, 4.69) is 42.8 Å². The van der Waals surface area contributed by atoms with Crippen molar-refractivity contribution < 1.29 is 0 Å². The van der Waals surface area contributed by atoms with Crippen LogP contribution >= 0.6 is 46.4 Å². The Bertz CT molecular complexity index is 475. The van der Waals surface area contributed by atoms with Crippen LogP contribution in [0.25, 0.3) is 5.57 Å². The van der Waals surface area contributed by atoms with E-state index in [1.807, 2.05) is 6.07 Å². The van der Waals surface area contributed by atoms with Crippen LogP contribution in [0.4, 0.5) is 0 Å². The molecule has 0 aliphatic carbocycles. The molecule has 5 heteroatoms. The minimum absolute atomic E-state index is 0.818. The fourth-order valence-electron chi connectivity index (χ4n) is 2.08. The third kappa shape index (κ3) is 1.85. The summed E-state index contributed by atoms with van der Waals surface area (Å²) in [6.45, 7) is 2.01. The van der Waals surface area contributed by atoms with Crippen molar-refractivity contribution >= 4 is 52.0 Å². The molecule has 0 bridgehead atoms. The van der Waals surface area contributed by atoms with Crippen LogP contribution in [0.15, 0.2) is 28.8 Å². The van der Waals surface area contributed by atoms with Gasteiger partial charge in [0.25, 0.3) is 0 Å². The van der Waals surface area contributed by atoms with Gasteiger partial charge in [-0.2, -0.15) is 0 Å². The lowest BCUT2D eigenvalue weighted by Crippen LogP contribution is -2.29. The van der Waals surface area contributed by atoms with Gasteiger partial charge in [-0.15, -0.1) is 0 Å². The predicted molar refractivity (Wildman–Crippen MR) is 77.6 cm³/mol. The normalized spacial score (nSPS) is 19.5. The highest BCUT2D eigenvalue weighted by atomic mass is 127. The molecule has 0 spiro atoms. The second kappa shape index (κ2) is 4.40. The Labute approximate surface area is 118 Å². The summed E-state index contributed by atoms with van der Waals surface area (Å²) in [4.78, 5) is 1.29. The van der Waals surface area contributed by atoms with E-state index in [0.29, 0.717) is 0 Å². The third-order valence-electron chi connectivity index (χ3n) is 2.85. The van der Waals surface area contributed by atoms with Gasteiger partial charge in [-0.05, 0) is 41.3 Å². The molecule has 1 N–H and O–H groups in total. The molecule has 0 saturated carbocycles. The zero-order valence-electron chi connectivity index (χ0n) is 8.46. The van der Waals surface area contributed by atoms with Crippen LogP contribution in [0, 0.1) is 0 Å². The molecule has 3 rings (SSSR count). The fourth-order valence-corrected chi connectivity index (χ4v) is 4.31. The van der Waals surface area contributed by atoms with Crippen molar-refractivity contribution in [3.05, 3.63) is 34.5 Å². The highest BCUT2D eigenvalue weighted by molar-refractivity contribution is 14.1. The molecule has 0 amide bonds. The van der Waals surface area contributed by atoms with Crippen LogP contribution in [0.5, 0.6) is 0 Å². The highest BCUT2D eigenvalue weighted by Crippen LogP contribution is 2.45. The Morgan fingerprint density at radius 1 is 1.44 bits per heavy atom. The van der Waals surface area contributed by atoms with Crippen molar-refractivity contribution in [1.29, 1.82) is 0 Å². The molecular weight excluding hydrogens is 355 g/mol. The van der Waals surface area contributed by atoms with E-state index in [4.69, 9.17) is 11.6 Å². The number of benzene rings is 1. The molecule has 2 heterocycles. The number of halogens is 2. The molecular formula is C11H10ClIN2S. The molecule has 16 heavy (non-hydrogen) atoms. The maximum Gasteiger partial charge on any atom is 0.0713 e. The molecule has 1 aromatic carbocycles. The first-order valence-corrected chi connectivity index (χ1v) is 7.24. The summed E-state index contributed by atoms with van der Waals surface area (Å²) in [5.74, 6) is 0. The number of nitrogens with zero attached hydrogens (tertiary/aromatic N) is 1. The number of hydrogen-bond donors (Lipinski definition) is 1. The van der Waals surface area contributed by atoms with Crippen molar-refractivity contribution in [3.8, 4) is 0 Å². The van der Waals surface area contributed by atoms with E-state index in [1.165, 1.54) is 21.7 Å². The smallest absolute Gasteiger partial charge is 0.0713 e. The number of fused-ring (bicyclic) bond motifs is 2. The molecule has 0 aromatic heterocycles. The summed E-state index contributed by atoms with van der Waals surface area (Å²) < 4.78 is 2.25. The zero-order valence-corrected chi connectivity index (χ0v) is 12.2. The van der Waals surface area contributed by atoms with Gasteiger partial charge < -0.3 is 5.32 Å². The zero-order chi connectivity index (χ0) is 11.1. The monoisotopic (exact) mass is 364 g/mol. The van der Waals surface area contributed by atoms with Gasteiger partial charge in [-0.3, -0.25) is 2.52 Å². The molecule has 0 saturated heterocycles. The van der Waals surface area contributed by atoms with E-state index in [0.717, 1.165) is 24.5 Å². The average Bonchev–Trinajstić information content (AvgIpc) is 2.31. The maximum atomic E-state index is 6.08. The van der Waals surface area contributed by atoms with Crippen molar-refractivity contribution in [2.24, 2.45) is 0 Å². The van der Waals surface area contributed by atoms with Gasteiger partial charge in [0, 0.05) is 35.1 Å². The Morgan fingerprint density at radius 2 is 2.31 bits per heavy atom. The summed E-state index contributed by atoms with van der Waals surface area (Å²) in [7, 11) is 0. The summed E-state index contributed by atoms with van der Waals surface area (Å²) in [6.07, 6.45) is 1.09. The molecule has 1 aromatic rings. The van der Waals surface area contributed by atoms with Gasteiger partial charge in [-0.1, -0.05) is 11.6 Å². The van der Waals surface area contributed by atoms with E-state index < -0.39 is 0 Å². The molecule has 84 valence electrons. The Kier molecular flexibility index (Phi) is 3.08. The van der Waals surface area contributed by atoms with Gasteiger partial charge >= 0.3 is 0 Å². The van der Waals surface area contributed by atoms with Crippen molar-refractivity contribution in [2.75, 3.05) is 13.1 Å². The largest absolute Gasteiger partial charge is 0.312 e. The summed E-state index contributed by atoms with van der Waals surface area (Å²) in [6, 6.07) is 6.14. The SMILES string of the molecule is Clc1ccc2c(c1)C1=C(CCNC1)N(I)S2. The quantitative estimate of drug-likeness (QED) is 0.429. The van der Waals surface area contributed by atoms with Gasteiger partial charge in [0.1, 0.15) is 0 Å². The maximum absolute atomic E-state index is 6.08. The average molecular weight is 365 g/mol. The van der Waals surface area contributed by atoms with Crippen LogP contribution in [-0.4, -0.2) is 15.6 Å². The molecule has 0 atom stereocenters. The lowest BCUT2D eigenvalue weighted by Gasteiger charge is -2.32. The third-order valence-corrected chi connectivity index (χ3v) is 5.19. The standard InChI is InChI=1S/C11H10ClIN2S/c12-7-1-2-11-8(5-7)9-6-14-4-3-10(9)15(13)16-11/h1-2,5,14H,3-4,6H2. The van der Waals surface area contributed by atoms with Gasteiger partial charge in [0.05, 0.1) is 22.9 Å². The van der Waals surface area contributed by atoms with Crippen molar-refractivity contribution in [2.45, 2.75) is 11.3 Å². The van der Waals surface area contributed by atoms with E-state index in [-0.39, 0.29) is 0 Å². The van der Waals surface area contributed by atoms with Crippen LogP contribution in [0.1, 0.15) is 12.0 Å². The summed E-state index contributed by atoms with van der Waals surface area (Å²) >= 11 is 10.2. The first kappa shape index (κ1) is 11.2. The van der Waals surface area contributed by atoms with E-state index in [9.17, 15) is 0 Å². The Hall–Kier alpha value is 0.0900.